The summed E-state index contributed by atoms with van der Waals surface area (Å²) in [6.07, 6.45) is 1.60. The van der Waals surface area contributed by atoms with E-state index in [1.807, 2.05) is 6.92 Å². The number of carbonyl (C=O) groups excluding carboxylic acids is 1. The third kappa shape index (κ3) is 2.49. The molecule has 0 saturated heterocycles. The van der Waals surface area contributed by atoms with Gasteiger partial charge in [-0.3, -0.25) is 9.48 Å². The minimum atomic E-state index is -0.448. The Labute approximate surface area is 116 Å². The zero-order valence-corrected chi connectivity index (χ0v) is 11.5. The van der Waals surface area contributed by atoms with E-state index in [1.165, 1.54) is 11.0 Å². The second-order valence-electron chi connectivity index (χ2n) is 4.29. The molecule has 2 rings (SSSR count). The zero-order chi connectivity index (χ0) is 14.7. The molecule has 0 aliphatic rings. The second-order valence-corrected chi connectivity index (χ2v) is 4.29. The Balaban J connectivity index is 2.39. The number of carbonyl (C=O) groups is 1. The van der Waals surface area contributed by atoms with E-state index in [9.17, 15) is 9.18 Å². The van der Waals surface area contributed by atoms with E-state index in [0.29, 0.717) is 18.8 Å². The Kier molecular flexibility index (Phi) is 4.02. The molecule has 20 heavy (non-hydrogen) atoms. The molecule has 106 valence electrons. The molecular formula is C14H17FN4O. The van der Waals surface area contributed by atoms with Crippen molar-refractivity contribution in [3.8, 4) is 0 Å². The number of halogens is 1. The van der Waals surface area contributed by atoms with Gasteiger partial charge in [0.2, 0.25) is 0 Å². The summed E-state index contributed by atoms with van der Waals surface area (Å²) < 4.78 is 15.4. The average molecular weight is 276 g/mol. The fraction of sp³-hybridized carbons (Fsp3) is 0.286. The minimum Gasteiger partial charge on any atom is -0.396 e. The summed E-state index contributed by atoms with van der Waals surface area (Å²) in [5, 5.41) is 4.13. The van der Waals surface area contributed by atoms with Gasteiger partial charge < -0.3 is 10.6 Å². The summed E-state index contributed by atoms with van der Waals surface area (Å²) >= 11 is 0. The molecule has 1 amide bonds. The van der Waals surface area contributed by atoms with Crippen LogP contribution in [-0.4, -0.2) is 22.2 Å². The van der Waals surface area contributed by atoms with E-state index in [1.54, 1.807) is 36.0 Å². The van der Waals surface area contributed by atoms with Gasteiger partial charge in [-0.1, -0.05) is 12.1 Å². The van der Waals surface area contributed by atoms with Crippen LogP contribution in [0.4, 0.5) is 15.8 Å². The Morgan fingerprint density at radius 1 is 1.40 bits per heavy atom. The molecule has 0 radical (unpaired) electrons. The van der Waals surface area contributed by atoms with Gasteiger partial charge in [-0.05, 0) is 26.0 Å². The van der Waals surface area contributed by atoms with Crippen LogP contribution in [0, 0.1) is 5.82 Å². The van der Waals surface area contributed by atoms with E-state index >= 15 is 0 Å². The quantitative estimate of drug-likeness (QED) is 0.931. The van der Waals surface area contributed by atoms with Gasteiger partial charge in [-0.15, -0.1) is 0 Å². The summed E-state index contributed by atoms with van der Waals surface area (Å²) in [4.78, 5) is 13.8. The highest BCUT2D eigenvalue weighted by molar-refractivity contribution is 6.07. The summed E-state index contributed by atoms with van der Waals surface area (Å²) in [5.74, 6) is -0.849. The van der Waals surface area contributed by atoms with Gasteiger partial charge in [-0.2, -0.15) is 5.10 Å². The molecule has 0 aliphatic carbocycles. The lowest BCUT2D eigenvalue weighted by molar-refractivity contribution is 0.0982. The molecule has 0 bridgehead atoms. The Morgan fingerprint density at radius 3 is 2.65 bits per heavy atom. The Hall–Kier alpha value is -2.37. The van der Waals surface area contributed by atoms with Gasteiger partial charge in [-0.25, -0.2) is 4.39 Å². The van der Waals surface area contributed by atoms with Gasteiger partial charge in [0, 0.05) is 19.3 Å². The van der Waals surface area contributed by atoms with Crippen molar-refractivity contribution in [2.24, 2.45) is 0 Å². The fourth-order valence-corrected chi connectivity index (χ4v) is 1.99. The molecule has 0 saturated carbocycles. The van der Waals surface area contributed by atoms with Crippen LogP contribution in [0.25, 0.3) is 0 Å². The van der Waals surface area contributed by atoms with Crippen molar-refractivity contribution in [1.82, 2.24) is 9.78 Å². The van der Waals surface area contributed by atoms with Crippen LogP contribution < -0.4 is 10.6 Å². The van der Waals surface area contributed by atoms with E-state index in [-0.39, 0.29) is 11.4 Å². The van der Waals surface area contributed by atoms with Crippen molar-refractivity contribution in [3.05, 3.63) is 42.0 Å². The molecule has 0 aliphatic heterocycles. The standard InChI is InChI=1S/C14H17FN4O/c1-3-18-9-11(16)13(17-18)14(20)19(4-2)12-8-6-5-7-10(12)15/h5-9H,3-4,16H2,1-2H3. The maximum absolute atomic E-state index is 13.8. The van der Waals surface area contributed by atoms with Crippen molar-refractivity contribution >= 4 is 17.3 Å². The van der Waals surface area contributed by atoms with E-state index in [0.717, 1.165) is 0 Å². The summed E-state index contributed by atoms with van der Waals surface area (Å²) in [6, 6.07) is 6.14. The SMILES string of the molecule is CCN(C(=O)c1nn(CC)cc1N)c1ccccc1F. The summed E-state index contributed by atoms with van der Waals surface area (Å²) in [5.41, 5.74) is 6.48. The number of aromatic nitrogens is 2. The van der Waals surface area contributed by atoms with Gasteiger partial charge in [0.25, 0.3) is 5.91 Å². The van der Waals surface area contributed by atoms with Gasteiger partial charge in [0.05, 0.1) is 11.4 Å². The first-order valence-corrected chi connectivity index (χ1v) is 6.47. The molecule has 0 atom stereocenters. The summed E-state index contributed by atoms with van der Waals surface area (Å²) in [6.45, 7) is 4.62. The van der Waals surface area contributed by atoms with Gasteiger partial charge in [0.15, 0.2) is 5.69 Å². The lowest BCUT2D eigenvalue weighted by Crippen LogP contribution is -2.32. The highest BCUT2D eigenvalue weighted by atomic mass is 19.1. The number of rotatable bonds is 4. The maximum atomic E-state index is 13.8. The fourth-order valence-electron chi connectivity index (χ4n) is 1.99. The van der Waals surface area contributed by atoms with Crippen LogP contribution in [0.3, 0.4) is 0 Å². The van der Waals surface area contributed by atoms with Crippen molar-refractivity contribution < 1.29 is 9.18 Å². The lowest BCUT2D eigenvalue weighted by atomic mass is 10.2. The number of nitrogens with two attached hydrogens (primary N) is 1. The average Bonchev–Trinajstić information content (AvgIpc) is 2.83. The molecule has 1 heterocycles. The van der Waals surface area contributed by atoms with Crippen molar-refractivity contribution in [3.63, 3.8) is 0 Å². The third-order valence-electron chi connectivity index (χ3n) is 3.02. The van der Waals surface area contributed by atoms with Crippen LogP contribution >= 0.6 is 0 Å². The highest BCUT2D eigenvalue weighted by Gasteiger charge is 2.23. The number of aryl methyl sites for hydroxylation is 1. The van der Waals surface area contributed by atoms with Crippen LogP contribution in [-0.2, 0) is 6.54 Å². The lowest BCUT2D eigenvalue weighted by Gasteiger charge is -2.20. The number of amides is 1. The van der Waals surface area contributed by atoms with Crippen LogP contribution in [0.2, 0.25) is 0 Å². The number of hydrogen-bond donors (Lipinski definition) is 1. The topological polar surface area (TPSA) is 64.2 Å². The molecule has 0 spiro atoms. The number of benzene rings is 1. The van der Waals surface area contributed by atoms with Crippen LogP contribution in [0.5, 0.6) is 0 Å². The first kappa shape index (κ1) is 14.0. The van der Waals surface area contributed by atoms with E-state index in [4.69, 9.17) is 5.73 Å². The number of nitrogens with zero attached hydrogens (tertiary/aromatic N) is 3. The number of hydrogen-bond acceptors (Lipinski definition) is 3. The highest BCUT2D eigenvalue weighted by Crippen LogP contribution is 2.22. The molecule has 1 aromatic carbocycles. The first-order valence-electron chi connectivity index (χ1n) is 6.47. The molecular weight excluding hydrogens is 259 g/mol. The Bertz CT molecular complexity index is 623. The molecule has 0 unspecified atom stereocenters. The van der Waals surface area contributed by atoms with Crippen molar-refractivity contribution in [1.29, 1.82) is 0 Å². The van der Waals surface area contributed by atoms with E-state index < -0.39 is 11.7 Å². The molecule has 2 aromatic rings. The zero-order valence-electron chi connectivity index (χ0n) is 11.5. The second kappa shape index (κ2) is 5.73. The minimum absolute atomic E-state index is 0.150. The molecule has 5 nitrogen and oxygen atoms in total. The smallest absolute Gasteiger partial charge is 0.280 e. The molecule has 1 aromatic heterocycles. The van der Waals surface area contributed by atoms with Crippen molar-refractivity contribution in [2.45, 2.75) is 20.4 Å². The monoisotopic (exact) mass is 276 g/mol. The van der Waals surface area contributed by atoms with Gasteiger partial charge >= 0.3 is 0 Å². The number of anilines is 2. The molecule has 2 N–H and O–H groups in total. The molecule has 0 fully saturated rings. The van der Waals surface area contributed by atoms with Crippen LogP contribution in [0.1, 0.15) is 24.3 Å². The van der Waals surface area contributed by atoms with Crippen LogP contribution in [0.15, 0.2) is 30.5 Å². The van der Waals surface area contributed by atoms with Crippen molar-refractivity contribution in [2.75, 3.05) is 17.2 Å². The number of para-hydroxylation sites is 1. The predicted molar refractivity (Wildman–Crippen MR) is 76.1 cm³/mol. The van der Waals surface area contributed by atoms with E-state index in [2.05, 4.69) is 5.10 Å². The third-order valence-corrected chi connectivity index (χ3v) is 3.02. The molecule has 6 heteroatoms. The normalized spacial score (nSPS) is 10.6. The maximum Gasteiger partial charge on any atom is 0.280 e. The Morgan fingerprint density at radius 2 is 2.10 bits per heavy atom. The number of nitrogen functional groups attached to an aromatic ring is 1. The first-order chi connectivity index (χ1) is 9.58. The summed E-state index contributed by atoms with van der Waals surface area (Å²) in [7, 11) is 0. The predicted octanol–water partition coefficient (Wildman–Crippen LogP) is 2.29. The van der Waals surface area contributed by atoms with Gasteiger partial charge in [0.1, 0.15) is 5.82 Å². The largest absolute Gasteiger partial charge is 0.396 e.